The van der Waals surface area contributed by atoms with E-state index in [1.165, 1.54) is 29.4 Å². The molecule has 0 atom stereocenters. The fourth-order valence-corrected chi connectivity index (χ4v) is 3.16. The van der Waals surface area contributed by atoms with Gasteiger partial charge in [-0.05, 0) is 52.9 Å². The quantitative estimate of drug-likeness (QED) is 0.556. The van der Waals surface area contributed by atoms with Gasteiger partial charge in [-0.1, -0.05) is 36.4 Å². The highest BCUT2D eigenvalue weighted by molar-refractivity contribution is 5.87. The number of benzene rings is 3. The van der Waals surface area contributed by atoms with Crippen LogP contribution in [0.1, 0.15) is 16.7 Å². The zero-order chi connectivity index (χ0) is 16.5. The summed E-state index contributed by atoms with van der Waals surface area (Å²) in [6.07, 6.45) is 2.61. The number of hydrogen-bond donors (Lipinski definition) is 1. The van der Waals surface area contributed by atoms with Crippen LogP contribution in [0.5, 0.6) is 11.5 Å². The highest BCUT2D eigenvalue weighted by Gasteiger charge is 2.17. The minimum Gasteiger partial charge on any atom is -0.504 e. The maximum Gasteiger partial charge on any atom is 0.166 e. The van der Waals surface area contributed by atoms with Gasteiger partial charge in [0.25, 0.3) is 0 Å². The molecule has 3 heteroatoms. The number of aromatic hydroxyl groups is 1. The summed E-state index contributed by atoms with van der Waals surface area (Å²) in [7, 11) is 1.54. The van der Waals surface area contributed by atoms with Gasteiger partial charge >= 0.3 is 0 Å². The molecule has 0 unspecified atom stereocenters. The van der Waals surface area contributed by atoms with Gasteiger partial charge in [0.05, 0.1) is 12.8 Å². The lowest BCUT2D eigenvalue weighted by molar-refractivity contribution is 0.373. The summed E-state index contributed by atoms with van der Waals surface area (Å²) in [6.45, 7) is 0. The lowest BCUT2D eigenvalue weighted by Crippen LogP contribution is -1.88. The highest BCUT2D eigenvalue weighted by Crippen LogP contribution is 2.38. The SMILES string of the molecule is COc1cccc(C=Nc2ccc3c(c2)Cc2ccccc2-3)c1O. The van der Waals surface area contributed by atoms with Crippen molar-refractivity contribution in [3.8, 4) is 22.6 Å². The molecule has 0 amide bonds. The minimum atomic E-state index is 0.109. The first kappa shape index (κ1) is 14.5. The summed E-state index contributed by atoms with van der Waals surface area (Å²) in [4.78, 5) is 4.51. The van der Waals surface area contributed by atoms with Gasteiger partial charge in [0, 0.05) is 11.8 Å². The second-order valence-electron chi connectivity index (χ2n) is 5.83. The van der Waals surface area contributed by atoms with Crippen LogP contribution in [-0.2, 0) is 6.42 Å². The second kappa shape index (κ2) is 5.85. The van der Waals surface area contributed by atoms with Crippen molar-refractivity contribution in [1.82, 2.24) is 0 Å². The number of fused-ring (bicyclic) bond motifs is 3. The second-order valence-corrected chi connectivity index (χ2v) is 5.83. The van der Waals surface area contributed by atoms with Crippen LogP contribution < -0.4 is 4.74 Å². The van der Waals surface area contributed by atoms with E-state index >= 15 is 0 Å². The Hall–Kier alpha value is -3.07. The maximum absolute atomic E-state index is 10.1. The van der Waals surface area contributed by atoms with Crippen molar-refractivity contribution in [2.45, 2.75) is 6.42 Å². The molecule has 24 heavy (non-hydrogen) atoms. The van der Waals surface area contributed by atoms with E-state index in [2.05, 4.69) is 41.4 Å². The Labute approximate surface area is 140 Å². The first-order valence-corrected chi connectivity index (χ1v) is 7.87. The van der Waals surface area contributed by atoms with Gasteiger partial charge < -0.3 is 9.84 Å². The minimum absolute atomic E-state index is 0.109. The van der Waals surface area contributed by atoms with E-state index in [9.17, 15) is 5.11 Å². The average Bonchev–Trinajstić information content (AvgIpc) is 2.98. The van der Waals surface area contributed by atoms with Crippen LogP contribution in [0.15, 0.2) is 65.7 Å². The van der Waals surface area contributed by atoms with Crippen LogP contribution in [0.3, 0.4) is 0 Å². The molecule has 3 aromatic rings. The third kappa shape index (κ3) is 2.44. The van der Waals surface area contributed by atoms with E-state index in [0.29, 0.717) is 11.3 Å². The summed E-state index contributed by atoms with van der Waals surface area (Å²) in [6, 6.07) is 20.1. The summed E-state index contributed by atoms with van der Waals surface area (Å²) in [5, 5.41) is 10.1. The van der Waals surface area contributed by atoms with Gasteiger partial charge in [-0.15, -0.1) is 0 Å². The number of hydrogen-bond acceptors (Lipinski definition) is 3. The first-order valence-electron chi connectivity index (χ1n) is 7.87. The molecule has 118 valence electrons. The number of phenolic OH excluding ortho intramolecular Hbond substituents is 1. The molecule has 0 fully saturated rings. The fourth-order valence-electron chi connectivity index (χ4n) is 3.16. The van der Waals surface area contributed by atoms with E-state index in [0.717, 1.165) is 12.1 Å². The number of rotatable bonds is 3. The number of para-hydroxylation sites is 1. The van der Waals surface area contributed by atoms with Gasteiger partial charge in [-0.2, -0.15) is 0 Å². The Morgan fingerprint density at radius 1 is 0.958 bits per heavy atom. The Morgan fingerprint density at radius 2 is 1.79 bits per heavy atom. The zero-order valence-corrected chi connectivity index (χ0v) is 13.4. The third-order valence-electron chi connectivity index (χ3n) is 4.38. The number of ether oxygens (including phenoxy) is 1. The van der Waals surface area contributed by atoms with Gasteiger partial charge in [-0.25, -0.2) is 0 Å². The van der Waals surface area contributed by atoms with Crippen LogP contribution in [0.4, 0.5) is 5.69 Å². The van der Waals surface area contributed by atoms with E-state index < -0.39 is 0 Å². The molecule has 0 heterocycles. The third-order valence-corrected chi connectivity index (χ3v) is 4.38. The van der Waals surface area contributed by atoms with Crippen LogP contribution in [0.25, 0.3) is 11.1 Å². The first-order chi connectivity index (χ1) is 11.8. The predicted octanol–water partition coefficient (Wildman–Crippen LogP) is 4.72. The Morgan fingerprint density at radius 3 is 2.67 bits per heavy atom. The molecule has 4 rings (SSSR count). The molecule has 1 N–H and O–H groups in total. The molecule has 3 nitrogen and oxygen atoms in total. The maximum atomic E-state index is 10.1. The number of methoxy groups -OCH3 is 1. The molecule has 0 aromatic heterocycles. The van der Waals surface area contributed by atoms with E-state index in [1.54, 1.807) is 12.3 Å². The molecule has 1 aliphatic carbocycles. The summed E-state index contributed by atoms with van der Waals surface area (Å²) < 4.78 is 5.12. The standard InChI is InChI=1S/C21H17NO2/c1-24-20-8-4-6-15(21(20)23)13-22-17-9-10-19-16(12-17)11-14-5-2-3-7-18(14)19/h2-10,12-13,23H,11H2,1H3. The molecule has 0 radical (unpaired) electrons. The van der Waals surface area contributed by atoms with Gasteiger partial charge in [0.1, 0.15) is 0 Å². The molecule has 0 spiro atoms. The zero-order valence-electron chi connectivity index (χ0n) is 13.4. The molecular formula is C21H17NO2. The Kier molecular flexibility index (Phi) is 3.54. The van der Waals surface area contributed by atoms with Crippen molar-refractivity contribution < 1.29 is 9.84 Å². The molecule has 0 saturated heterocycles. The van der Waals surface area contributed by atoms with Crippen molar-refractivity contribution in [1.29, 1.82) is 0 Å². The number of aliphatic imine (C=N–C) groups is 1. The predicted molar refractivity (Wildman–Crippen MR) is 96.6 cm³/mol. The van der Waals surface area contributed by atoms with E-state index in [1.807, 2.05) is 18.2 Å². The highest BCUT2D eigenvalue weighted by atomic mass is 16.5. The normalized spacial score (nSPS) is 12.2. The largest absolute Gasteiger partial charge is 0.504 e. The summed E-state index contributed by atoms with van der Waals surface area (Å²) in [5.74, 6) is 0.556. The van der Waals surface area contributed by atoms with Gasteiger partial charge in [-0.3, -0.25) is 4.99 Å². The van der Waals surface area contributed by atoms with Gasteiger partial charge in [0.2, 0.25) is 0 Å². The fraction of sp³-hybridized carbons (Fsp3) is 0.0952. The summed E-state index contributed by atoms with van der Waals surface area (Å²) in [5.41, 5.74) is 6.77. The smallest absolute Gasteiger partial charge is 0.166 e. The van der Waals surface area contributed by atoms with Crippen molar-refractivity contribution in [3.05, 3.63) is 77.4 Å². The molecule has 0 bridgehead atoms. The molecular weight excluding hydrogens is 298 g/mol. The molecule has 0 aliphatic heterocycles. The van der Waals surface area contributed by atoms with Crippen molar-refractivity contribution >= 4 is 11.9 Å². The summed E-state index contributed by atoms with van der Waals surface area (Å²) >= 11 is 0. The monoisotopic (exact) mass is 315 g/mol. The van der Waals surface area contributed by atoms with Crippen LogP contribution in [0, 0.1) is 0 Å². The van der Waals surface area contributed by atoms with Crippen LogP contribution in [0.2, 0.25) is 0 Å². The van der Waals surface area contributed by atoms with Crippen molar-refractivity contribution in [3.63, 3.8) is 0 Å². The van der Waals surface area contributed by atoms with Crippen molar-refractivity contribution in [2.24, 2.45) is 4.99 Å². The Bertz CT molecular complexity index is 944. The molecule has 1 aliphatic rings. The number of phenols is 1. The van der Waals surface area contributed by atoms with Crippen LogP contribution in [-0.4, -0.2) is 18.4 Å². The van der Waals surface area contributed by atoms with E-state index in [-0.39, 0.29) is 5.75 Å². The lowest BCUT2D eigenvalue weighted by Gasteiger charge is -2.05. The molecule has 0 saturated carbocycles. The Balaban J connectivity index is 1.65. The van der Waals surface area contributed by atoms with Crippen LogP contribution >= 0.6 is 0 Å². The average molecular weight is 315 g/mol. The number of nitrogens with zero attached hydrogens (tertiary/aromatic N) is 1. The molecule has 3 aromatic carbocycles. The topological polar surface area (TPSA) is 41.8 Å². The van der Waals surface area contributed by atoms with E-state index in [4.69, 9.17) is 4.74 Å². The van der Waals surface area contributed by atoms with Crippen molar-refractivity contribution in [2.75, 3.05) is 7.11 Å². The lowest BCUT2D eigenvalue weighted by atomic mass is 10.1. The van der Waals surface area contributed by atoms with Gasteiger partial charge in [0.15, 0.2) is 11.5 Å².